The molecule has 7 N–H and O–H groups in total. The molecule has 5 nitrogen and oxygen atoms in total. The van der Waals surface area contributed by atoms with Crippen LogP contribution in [0.15, 0.2) is 50.5 Å². The van der Waals surface area contributed by atoms with E-state index in [4.69, 9.17) is 20.3 Å². The summed E-state index contributed by atoms with van der Waals surface area (Å²) in [4.78, 5) is 0. The van der Waals surface area contributed by atoms with Gasteiger partial charge in [0, 0.05) is 5.56 Å². The van der Waals surface area contributed by atoms with Crippen molar-refractivity contribution in [3.63, 3.8) is 0 Å². The van der Waals surface area contributed by atoms with Crippen LogP contribution in [-0.2, 0) is 0 Å². The Hall–Kier alpha value is -1.38. The molecule has 3 heterocycles. The third kappa shape index (κ3) is 17.1. The van der Waals surface area contributed by atoms with E-state index in [2.05, 4.69) is 11.6 Å². The second kappa shape index (κ2) is 18.1. The summed E-state index contributed by atoms with van der Waals surface area (Å²) in [5.74, 6) is -3.02. The fourth-order valence-electron chi connectivity index (χ4n) is 2.23. The van der Waals surface area contributed by atoms with Crippen LogP contribution >= 0.6 is 45.6 Å². The Balaban J connectivity index is 0. The van der Waals surface area contributed by atoms with Crippen LogP contribution in [0, 0.1) is 0 Å². The number of aliphatic hydroxyl groups is 2. The van der Waals surface area contributed by atoms with E-state index in [1.54, 1.807) is 22.2 Å². The van der Waals surface area contributed by atoms with Crippen molar-refractivity contribution in [1.29, 1.82) is 0 Å². The highest BCUT2D eigenvalue weighted by Crippen LogP contribution is 2.38. The number of aliphatic hydroxyl groups excluding tert-OH is 2. The first-order valence-corrected chi connectivity index (χ1v) is 13.2. The Morgan fingerprint density at radius 3 is 1.41 bits per heavy atom. The summed E-state index contributed by atoms with van der Waals surface area (Å²) in [6.07, 6.45) is -16.9. The second-order valence-electron chi connectivity index (χ2n) is 7.00. The Labute approximate surface area is 234 Å². The van der Waals surface area contributed by atoms with Gasteiger partial charge in [-0.3, -0.25) is 0 Å². The van der Waals surface area contributed by atoms with Gasteiger partial charge in [-0.2, -0.15) is 73.5 Å². The molecule has 0 aliphatic rings. The molecule has 0 aromatic carbocycles. The van der Waals surface area contributed by atoms with Gasteiger partial charge in [0.05, 0.1) is 6.10 Å². The molecule has 3 unspecified atom stereocenters. The van der Waals surface area contributed by atoms with Gasteiger partial charge in [0.2, 0.25) is 0 Å². The molecule has 224 valence electrons. The molecule has 0 saturated heterocycles. The minimum absolute atomic E-state index is 0. The van der Waals surface area contributed by atoms with Crippen LogP contribution in [0.1, 0.15) is 30.1 Å². The van der Waals surface area contributed by atoms with Crippen LogP contribution < -0.4 is 11.6 Å². The van der Waals surface area contributed by atoms with Gasteiger partial charge in [0.25, 0.3) is 0 Å². The molecule has 3 aromatic heterocycles. The lowest BCUT2D eigenvalue weighted by molar-refractivity contribution is -0.206. The quantitative estimate of drug-likeness (QED) is 0.125. The fourth-order valence-corrected chi connectivity index (χ4v) is 4.28. The normalized spacial score (nSPS) is 13.6. The maximum absolute atomic E-state index is 12.4. The number of hydrogen-bond donors (Lipinski definition) is 5. The Bertz CT molecular complexity index is 970. The molecule has 3 atom stereocenters. The molecule has 0 bridgehead atoms. The minimum atomic E-state index is -4.55. The molecule has 19 heteroatoms. The van der Waals surface area contributed by atoms with Crippen LogP contribution in [0.4, 0.5) is 39.5 Å². The van der Waals surface area contributed by atoms with Gasteiger partial charge in [-0.15, -0.1) is 11.6 Å². The largest absolute Gasteiger partial charge is 0.489 e. The van der Waals surface area contributed by atoms with Crippen molar-refractivity contribution in [2.24, 2.45) is 0 Å². The molecule has 0 radical (unpaired) electrons. The highest BCUT2D eigenvalue weighted by Gasteiger charge is 2.44. The Morgan fingerprint density at radius 2 is 1.18 bits per heavy atom. The topological polar surface area (TPSA) is 116 Å². The Kier molecular flexibility index (Phi) is 18.5. The van der Waals surface area contributed by atoms with E-state index in [0.717, 1.165) is 18.3 Å². The SMILES string of the molecule is CC(O)C(c1ccsc1)C(F)(F)F.FC(F)(F)CCl.N.OB(O)c1ccsc1.OC(c1ccsc1)C(F)(F)F. The molecule has 0 amide bonds. The standard InChI is InChI=1S/C8H9F3OS.C6H5F3OS.C4H5BO2S.C2H2ClF3.H3N/c1-5(12)7(8(9,10)11)6-2-3-13-4-6;7-6(8,9)5(10)4-1-2-11-3-4;6-5(7)4-1-2-8-3-4;3-1-2(4,5)6;/h2-5,7,12H,1H3;1-3,5,10H;1-3,6-7H;1H2;1H3. The monoisotopic (exact) mass is 655 g/mol. The van der Waals surface area contributed by atoms with Crippen LogP contribution in [0.3, 0.4) is 0 Å². The smallest absolute Gasteiger partial charge is 0.423 e. The fraction of sp³-hybridized carbons (Fsp3) is 0.400. The number of alkyl halides is 10. The van der Waals surface area contributed by atoms with E-state index in [1.807, 2.05) is 0 Å². The van der Waals surface area contributed by atoms with Gasteiger partial charge in [0.1, 0.15) is 11.8 Å². The van der Waals surface area contributed by atoms with Crippen LogP contribution in [0.5, 0.6) is 0 Å². The minimum Gasteiger partial charge on any atom is -0.423 e. The summed E-state index contributed by atoms with van der Waals surface area (Å²) >= 11 is 8.11. The number of rotatable bonds is 4. The highest BCUT2D eigenvalue weighted by molar-refractivity contribution is 7.09. The lowest BCUT2D eigenvalue weighted by Gasteiger charge is -2.21. The van der Waals surface area contributed by atoms with E-state index in [0.29, 0.717) is 5.46 Å². The van der Waals surface area contributed by atoms with E-state index in [1.165, 1.54) is 50.9 Å². The van der Waals surface area contributed by atoms with Crippen LogP contribution in [0.25, 0.3) is 0 Å². The van der Waals surface area contributed by atoms with Crippen molar-refractivity contribution >= 4 is 58.2 Å². The maximum atomic E-state index is 12.4. The highest BCUT2D eigenvalue weighted by atomic mass is 35.5. The van der Waals surface area contributed by atoms with E-state index >= 15 is 0 Å². The molecule has 39 heavy (non-hydrogen) atoms. The van der Waals surface area contributed by atoms with Crippen molar-refractivity contribution in [3.05, 3.63) is 61.6 Å². The predicted molar refractivity (Wildman–Crippen MR) is 136 cm³/mol. The van der Waals surface area contributed by atoms with Crippen molar-refractivity contribution in [2.75, 3.05) is 5.88 Å². The zero-order valence-electron chi connectivity index (χ0n) is 19.7. The summed E-state index contributed by atoms with van der Waals surface area (Å²) in [5, 5.41) is 43.8. The lowest BCUT2D eigenvalue weighted by Crippen LogP contribution is -2.29. The van der Waals surface area contributed by atoms with Gasteiger partial charge in [-0.05, 0) is 62.4 Å². The molecular weight excluding hydrogens is 632 g/mol. The molecular formula is C20H24BClF9NO4S3. The second-order valence-corrected chi connectivity index (χ2v) is 9.60. The van der Waals surface area contributed by atoms with Gasteiger partial charge < -0.3 is 26.4 Å². The maximum Gasteiger partial charge on any atom is 0.489 e. The summed E-state index contributed by atoms with van der Waals surface area (Å²) < 4.78 is 104. The van der Waals surface area contributed by atoms with Gasteiger partial charge in [0.15, 0.2) is 6.10 Å². The molecule has 0 aliphatic carbocycles. The zero-order valence-corrected chi connectivity index (χ0v) is 22.9. The first-order chi connectivity index (χ1) is 17.3. The van der Waals surface area contributed by atoms with Gasteiger partial charge in [-0.1, -0.05) is 6.07 Å². The summed E-state index contributed by atoms with van der Waals surface area (Å²) in [6.45, 7) is 1.15. The average molecular weight is 656 g/mol. The summed E-state index contributed by atoms with van der Waals surface area (Å²) in [5.41, 5.74) is 0.602. The number of hydrogen-bond acceptors (Lipinski definition) is 8. The molecule has 0 aliphatic heterocycles. The van der Waals surface area contributed by atoms with Crippen LogP contribution in [-0.4, -0.2) is 57.9 Å². The molecule has 0 fully saturated rings. The van der Waals surface area contributed by atoms with Crippen molar-refractivity contribution in [2.45, 2.75) is 43.6 Å². The summed E-state index contributed by atoms with van der Waals surface area (Å²) in [6, 6.07) is 4.31. The molecule has 0 saturated carbocycles. The third-order valence-corrected chi connectivity index (χ3v) is 6.31. The van der Waals surface area contributed by atoms with Crippen molar-refractivity contribution in [3.8, 4) is 0 Å². The van der Waals surface area contributed by atoms with E-state index in [9.17, 15) is 39.5 Å². The van der Waals surface area contributed by atoms with Gasteiger partial charge in [-0.25, -0.2) is 0 Å². The van der Waals surface area contributed by atoms with E-state index < -0.39 is 49.7 Å². The predicted octanol–water partition coefficient (Wildman–Crippen LogP) is 6.50. The first-order valence-electron chi connectivity index (χ1n) is 9.85. The van der Waals surface area contributed by atoms with Crippen LogP contribution in [0.2, 0.25) is 0 Å². The number of thiophene rings is 3. The number of halogens is 10. The molecule has 3 aromatic rings. The summed E-state index contributed by atoms with van der Waals surface area (Å²) in [7, 11) is -1.30. The zero-order chi connectivity index (χ0) is 29.7. The van der Waals surface area contributed by atoms with Gasteiger partial charge >= 0.3 is 25.6 Å². The third-order valence-electron chi connectivity index (χ3n) is 3.90. The first kappa shape index (κ1) is 39.8. The average Bonchev–Trinajstić information content (AvgIpc) is 3.55. The molecule has 0 spiro atoms. The Morgan fingerprint density at radius 1 is 0.769 bits per heavy atom. The lowest BCUT2D eigenvalue weighted by atomic mass is 9.83. The van der Waals surface area contributed by atoms with Crippen molar-refractivity contribution < 1.29 is 59.8 Å². The van der Waals surface area contributed by atoms with Crippen molar-refractivity contribution in [1.82, 2.24) is 6.15 Å². The van der Waals surface area contributed by atoms with E-state index in [-0.39, 0.29) is 17.3 Å². The molecule has 3 rings (SSSR count).